The van der Waals surface area contributed by atoms with E-state index in [1.807, 2.05) is 0 Å². The van der Waals surface area contributed by atoms with Gasteiger partial charge in [0.15, 0.2) is 17.2 Å². The molecule has 4 rings (SSSR count). The molecule has 0 bridgehead atoms. The number of aromatic hydroxyl groups is 1. The van der Waals surface area contributed by atoms with Crippen molar-refractivity contribution in [1.82, 2.24) is 0 Å². The van der Waals surface area contributed by atoms with Crippen LogP contribution < -0.4 is 0 Å². The summed E-state index contributed by atoms with van der Waals surface area (Å²) in [5.74, 6) is -1.61. The summed E-state index contributed by atoms with van der Waals surface area (Å²) in [6.45, 7) is 0. The minimum atomic E-state index is -0.830. The number of hydrogen-bond donors (Lipinski definition) is 1. The first-order valence-corrected chi connectivity index (χ1v) is 9.09. The molecule has 0 radical (unpaired) electrons. The molecule has 1 fully saturated rings. The number of carbonyl (C=O) groups is 1. The monoisotopic (exact) mass is 470 g/mol. The molecule has 1 heterocycles. The molecule has 1 aromatic heterocycles. The first-order chi connectivity index (χ1) is 11.9. The maximum atomic E-state index is 14.1. The van der Waals surface area contributed by atoms with E-state index >= 15 is 0 Å². The number of carbonyl (C=O) groups excluding carboxylic acids is 1. The van der Waals surface area contributed by atoms with E-state index in [1.54, 1.807) is 0 Å². The molecule has 2 aromatic carbocycles. The molecule has 128 valence electrons. The number of furan rings is 1. The fourth-order valence-electron chi connectivity index (χ4n) is 2.85. The lowest BCUT2D eigenvalue weighted by Crippen LogP contribution is -2.04. The molecular weight excluding hydrogens is 462 g/mol. The van der Waals surface area contributed by atoms with Crippen molar-refractivity contribution < 1.29 is 23.1 Å². The van der Waals surface area contributed by atoms with Gasteiger partial charge < -0.3 is 9.52 Å². The molecule has 0 saturated heterocycles. The first kappa shape index (κ1) is 16.7. The van der Waals surface area contributed by atoms with E-state index in [4.69, 9.17) is 4.42 Å². The van der Waals surface area contributed by atoms with Crippen LogP contribution >= 0.6 is 31.9 Å². The third kappa shape index (κ3) is 2.79. The Morgan fingerprint density at radius 1 is 1.12 bits per heavy atom. The van der Waals surface area contributed by atoms with Gasteiger partial charge in [-0.2, -0.15) is 0 Å². The second kappa shape index (κ2) is 5.92. The van der Waals surface area contributed by atoms with Crippen molar-refractivity contribution >= 4 is 48.6 Å². The lowest BCUT2D eigenvalue weighted by Gasteiger charge is -2.06. The highest BCUT2D eigenvalue weighted by molar-refractivity contribution is 9.11. The smallest absolute Gasteiger partial charge is 0.197 e. The van der Waals surface area contributed by atoms with Gasteiger partial charge in [-0.1, -0.05) is 0 Å². The van der Waals surface area contributed by atoms with Gasteiger partial charge in [0.25, 0.3) is 0 Å². The first-order valence-electron chi connectivity index (χ1n) is 7.51. The summed E-state index contributed by atoms with van der Waals surface area (Å²) in [6, 6.07) is 4.79. The van der Waals surface area contributed by atoms with E-state index in [0.717, 1.165) is 25.0 Å². The number of halogens is 4. The Morgan fingerprint density at radius 2 is 1.76 bits per heavy atom. The largest absolute Gasteiger partial charge is 0.506 e. The summed E-state index contributed by atoms with van der Waals surface area (Å²) < 4.78 is 34.1. The van der Waals surface area contributed by atoms with Crippen LogP contribution in [0.5, 0.6) is 5.75 Å². The maximum absolute atomic E-state index is 14.1. The summed E-state index contributed by atoms with van der Waals surface area (Å²) in [5, 5.41) is 9.95. The molecule has 0 amide bonds. The maximum Gasteiger partial charge on any atom is 0.197 e. The van der Waals surface area contributed by atoms with Crippen LogP contribution in [0.25, 0.3) is 11.0 Å². The van der Waals surface area contributed by atoms with Crippen molar-refractivity contribution in [1.29, 1.82) is 0 Å². The minimum Gasteiger partial charge on any atom is -0.506 e. The van der Waals surface area contributed by atoms with Crippen molar-refractivity contribution in [3.05, 3.63) is 61.7 Å². The summed E-state index contributed by atoms with van der Waals surface area (Å²) in [4.78, 5) is 13.1. The average Bonchev–Trinajstić information content (AvgIpc) is 3.32. The normalized spacial score (nSPS) is 14.2. The highest BCUT2D eigenvalue weighted by Crippen LogP contribution is 2.46. The van der Waals surface area contributed by atoms with Crippen LogP contribution in [0.4, 0.5) is 8.78 Å². The van der Waals surface area contributed by atoms with Crippen LogP contribution in [-0.2, 0) is 0 Å². The lowest BCUT2D eigenvalue weighted by atomic mass is 9.98. The van der Waals surface area contributed by atoms with Gasteiger partial charge in [0.05, 0.1) is 14.5 Å². The van der Waals surface area contributed by atoms with Crippen molar-refractivity contribution in [2.24, 2.45) is 0 Å². The number of phenols is 1. The average molecular weight is 472 g/mol. The van der Waals surface area contributed by atoms with Crippen LogP contribution in [-0.4, -0.2) is 10.9 Å². The van der Waals surface area contributed by atoms with Gasteiger partial charge in [0.1, 0.15) is 17.3 Å². The van der Waals surface area contributed by atoms with Crippen molar-refractivity contribution in [2.45, 2.75) is 18.8 Å². The Morgan fingerprint density at radius 3 is 2.36 bits per heavy atom. The molecule has 3 aromatic rings. The van der Waals surface area contributed by atoms with Gasteiger partial charge in [-0.25, -0.2) is 8.78 Å². The number of benzene rings is 2. The van der Waals surface area contributed by atoms with Crippen molar-refractivity contribution in [3.8, 4) is 5.75 Å². The minimum absolute atomic E-state index is 0.0342. The van der Waals surface area contributed by atoms with Crippen LogP contribution in [0.3, 0.4) is 0 Å². The molecule has 0 spiro atoms. The second-order valence-corrected chi connectivity index (χ2v) is 7.71. The number of ketones is 1. The predicted octanol–water partition coefficient (Wildman–Crippen LogP) is 6.05. The van der Waals surface area contributed by atoms with Gasteiger partial charge in [0, 0.05) is 22.9 Å². The molecule has 1 aliphatic carbocycles. The van der Waals surface area contributed by atoms with Crippen LogP contribution in [0, 0.1) is 11.6 Å². The van der Waals surface area contributed by atoms with E-state index in [1.165, 1.54) is 12.1 Å². The second-order valence-electron chi connectivity index (χ2n) is 6.00. The molecule has 0 atom stereocenters. The number of hydrogen-bond acceptors (Lipinski definition) is 3. The van der Waals surface area contributed by atoms with Gasteiger partial charge in [0.2, 0.25) is 0 Å². The molecule has 1 aliphatic rings. The zero-order valence-electron chi connectivity index (χ0n) is 12.6. The fourth-order valence-corrected chi connectivity index (χ4v) is 4.04. The Balaban J connectivity index is 1.96. The summed E-state index contributed by atoms with van der Waals surface area (Å²) in [5.41, 5.74) is 0.342. The Bertz CT molecular complexity index is 1020. The zero-order chi connectivity index (χ0) is 17.9. The van der Waals surface area contributed by atoms with E-state index in [2.05, 4.69) is 31.9 Å². The van der Waals surface area contributed by atoms with Crippen molar-refractivity contribution in [2.75, 3.05) is 0 Å². The topological polar surface area (TPSA) is 50.4 Å². The number of rotatable bonds is 3. The number of fused-ring (bicyclic) bond motifs is 1. The Kier molecular flexibility index (Phi) is 3.96. The Hall–Kier alpha value is -1.73. The van der Waals surface area contributed by atoms with E-state index in [0.29, 0.717) is 14.7 Å². The molecule has 0 aliphatic heterocycles. The van der Waals surface area contributed by atoms with Gasteiger partial charge in [-0.05, 0) is 62.9 Å². The molecule has 7 heteroatoms. The number of phenolic OH excluding ortho intramolecular Hbond substituents is 1. The Labute approximate surface area is 157 Å². The van der Waals surface area contributed by atoms with Gasteiger partial charge >= 0.3 is 0 Å². The van der Waals surface area contributed by atoms with Gasteiger partial charge in [-0.15, -0.1) is 0 Å². The fraction of sp³-hybridized carbons (Fsp3) is 0.167. The predicted molar refractivity (Wildman–Crippen MR) is 95.0 cm³/mol. The molecule has 3 nitrogen and oxygen atoms in total. The lowest BCUT2D eigenvalue weighted by molar-refractivity contribution is 0.103. The highest BCUT2D eigenvalue weighted by Gasteiger charge is 2.35. The van der Waals surface area contributed by atoms with Crippen LogP contribution in [0.15, 0.2) is 37.6 Å². The molecule has 1 saturated carbocycles. The summed E-state index contributed by atoms with van der Waals surface area (Å²) >= 11 is 6.37. The summed E-state index contributed by atoms with van der Waals surface area (Å²) in [7, 11) is 0. The molecular formula is C18H10Br2F2O3. The van der Waals surface area contributed by atoms with Crippen LogP contribution in [0.2, 0.25) is 0 Å². The molecule has 25 heavy (non-hydrogen) atoms. The SMILES string of the molecule is O=C(c1cc(Br)c(O)c(Br)c1)c1c(C2CC2)oc2c(F)cc(F)cc12. The van der Waals surface area contributed by atoms with Crippen molar-refractivity contribution in [3.63, 3.8) is 0 Å². The summed E-state index contributed by atoms with van der Waals surface area (Å²) in [6.07, 6.45) is 1.68. The third-order valence-electron chi connectivity index (χ3n) is 4.19. The zero-order valence-corrected chi connectivity index (χ0v) is 15.7. The standard InChI is InChI=1S/C18H10Br2F2O3/c19-11-3-8(4-12(20)16(11)24)15(23)14-10-5-9(21)6-13(22)18(10)25-17(14)7-1-2-7/h3-7,24H,1-2H2. The molecule has 1 N–H and O–H groups in total. The van der Waals surface area contributed by atoms with Crippen LogP contribution in [0.1, 0.15) is 40.4 Å². The van der Waals surface area contributed by atoms with E-state index < -0.39 is 17.4 Å². The third-order valence-corrected chi connectivity index (χ3v) is 5.40. The quantitative estimate of drug-likeness (QED) is 0.473. The highest BCUT2D eigenvalue weighted by atomic mass is 79.9. The van der Waals surface area contributed by atoms with E-state index in [-0.39, 0.29) is 33.8 Å². The molecule has 0 unspecified atom stereocenters. The van der Waals surface area contributed by atoms with E-state index in [9.17, 15) is 18.7 Å². The van der Waals surface area contributed by atoms with Gasteiger partial charge in [-0.3, -0.25) is 4.79 Å².